The van der Waals surface area contributed by atoms with E-state index >= 15 is 0 Å². The summed E-state index contributed by atoms with van der Waals surface area (Å²) in [4.78, 5) is 30.0. The zero-order valence-electron chi connectivity index (χ0n) is 13.8. The van der Waals surface area contributed by atoms with E-state index in [1.165, 1.54) is 17.7 Å². The molecule has 3 aliphatic rings. The van der Waals surface area contributed by atoms with Gasteiger partial charge in [0.15, 0.2) is 0 Å². The van der Waals surface area contributed by atoms with Crippen LogP contribution in [-0.4, -0.2) is 50.2 Å². The third-order valence-electron chi connectivity index (χ3n) is 4.87. The van der Waals surface area contributed by atoms with Crippen molar-refractivity contribution in [3.8, 4) is 5.88 Å². The average Bonchev–Trinajstić information content (AvgIpc) is 3.50. The normalized spacial score (nSPS) is 25.8. The second-order valence-electron chi connectivity index (χ2n) is 7.05. The molecule has 1 aromatic heterocycles. The lowest BCUT2D eigenvalue weighted by Gasteiger charge is -2.21. The molecule has 2 heterocycles. The van der Waals surface area contributed by atoms with Crippen LogP contribution in [-0.2, 0) is 15.6 Å². The van der Waals surface area contributed by atoms with E-state index in [9.17, 15) is 13.8 Å². The predicted octanol–water partition coefficient (Wildman–Crippen LogP) is 0.764. The van der Waals surface area contributed by atoms with Crippen molar-refractivity contribution in [2.24, 2.45) is 11.7 Å². The van der Waals surface area contributed by atoms with Crippen LogP contribution in [0.5, 0.6) is 5.88 Å². The van der Waals surface area contributed by atoms with E-state index in [1.807, 2.05) is 6.07 Å². The molecule has 1 unspecified atom stereocenters. The summed E-state index contributed by atoms with van der Waals surface area (Å²) in [6.45, 7) is 0.627. The maximum Gasteiger partial charge on any atom is 0.274 e. The second kappa shape index (κ2) is 6.40. The van der Waals surface area contributed by atoms with Gasteiger partial charge in [0.05, 0.1) is 18.2 Å². The van der Waals surface area contributed by atoms with Gasteiger partial charge in [0.2, 0.25) is 11.8 Å². The largest absolute Gasteiger partial charge is 0.477 e. The highest BCUT2D eigenvalue weighted by Gasteiger charge is 2.38. The Morgan fingerprint density at radius 3 is 2.68 bits per heavy atom. The number of aromatic nitrogens is 1. The Morgan fingerprint density at radius 1 is 1.28 bits per heavy atom. The third-order valence-corrected chi connectivity index (χ3v) is 6.12. The van der Waals surface area contributed by atoms with Crippen molar-refractivity contribution >= 4 is 22.6 Å². The second-order valence-corrected chi connectivity index (χ2v) is 8.52. The van der Waals surface area contributed by atoms with Crippen molar-refractivity contribution < 1.29 is 18.5 Å². The number of rotatable bonds is 6. The van der Waals surface area contributed by atoms with Gasteiger partial charge in [-0.2, -0.15) is 0 Å². The number of nitrogens with zero attached hydrogens (tertiary/aromatic N) is 2. The van der Waals surface area contributed by atoms with Crippen LogP contribution in [0.1, 0.15) is 47.7 Å². The summed E-state index contributed by atoms with van der Waals surface area (Å²) in [5, 5.41) is 0. The minimum Gasteiger partial charge on any atom is -0.477 e. The molecule has 25 heavy (non-hydrogen) atoms. The molecule has 0 radical (unpaired) electrons. The lowest BCUT2D eigenvalue weighted by molar-refractivity contribution is -0.121. The minimum atomic E-state index is -1.26. The molecule has 2 atom stereocenters. The van der Waals surface area contributed by atoms with Crippen molar-refractivity contribution in [3.63, 3.8) is 0 Å². The van der Waals surface area contributed by atoms with Crippen molar-refractivity contribution in [1.82, 2.24) is 9.88 Å². The highest BCUT2D eigenvalue weighted by molar-refractivity contribution is 7.85. The number of hydrogen-bond acceptors (Lipinski definition) is 5. The maximum atomic E-state index is 12.8. The van der Waals surface area contributed by atoms with E-state index in [1.54, 1.807) is 6.07 Å². The fraction of sp³-hybridized carbons (Fsp3) is 0.588. The Bertz CT molecular complexity index is 745. The van der Waals surface area contributed by atoms with Crippen molar-refractivity contribution in [2.45, 2.75) is 37.6 Å². The smallest absolute Gasteiger partial charge is 0.274 e. The highest BCUT2D eigenvalue weighted by atomic mass is 32.2. The van der Waals surface area contributed by atoms with Crippen LogP contribution in [0.25, 0.3) is 0 Å². The maximum absolute atomic E-state index is 12.8. The molecule has 7 nitrogen and oxygen atoms in total. The molecular weight excluding hydrogens is 342 g/mol. The Hall–Kier alpha value is -1.96. The van der Waals surface area contributed by atoms with Gasteiger partial charge in [-0.25, -0.2) is 4.98 Å². The summed E-state index contributed by atoms with van der Waals surface area (Å²) in [6, 6.07) is 2.72. The van der Waals surface area contributed by atoms with Gasteiger partial charge in [0.25, 0.3) is 5.91 Å². The molecule has 1 aromatic rings. The highest BCUT2D eigenvalue weighted by Crippen LogP contribution is 2.44. The molecule has 1 aliphatic heterocycles. The van der Waals surface area contributed by atoms with Gasteiger partial charge < -0.3 is 15.4 Å². The molecule has 0 aromatic carbocycles. The Morgan fingerprint density at radius 2 is 2.04 bits per heavy atom. The van der Waals surface area contributed by atoms with Gasteiger partial charge in [-0.1, -0.05) is 6.07 Å². The average molecular weight is 363 g/mol. The zero-order chi connectivity index (χ0) is 17.6. The summed E-state index contributed by atoms with van der Waals surface area (Å²) in [7, 11) is -1.26. The van der Waals surface area contributed by atoms with Crippen LogP contribution in [0.15, 0.2) is 12.1 Å². The summed E-state index contributed by atoms with van der Waals surface area (Å²) < 4.78 is 17.6. The summed E-state index contributed by atoms with van der Waals surface area (Å²) >= 11 is 0. The number of amides is 2. The van der Waals surface area contributed by atoms with Gasteiger partial charge in [-0.05, 0) is 43.6 Å². The SMILES string of the molecule is NC(=O)[C@@H]1CS(=O)CN1C(=O)c1ccc(C2CC2)c(OCC2CC2)n1. The third kappa shape index (κ3) is 3.53. The lowest BCUT2D eigenvalue weighted by atomic mass is 10.1. The van der Waals surface area contributed by atoms with Crippen LogP contribution < -0.4 is 10.5 Å². The van der Waals surface area contributed by atoms with Crippen LogP contribution in [0, 0.1) is 5.92 Å². The molecule has 0 spiro atoms. The molecule has 2 N–H and O–H groups in total. The number of carbonyl (C=O) groups excluding carboxylic acids is 2. The van der Waals surface area contributed by atoms with Crippen LogP contribution in [0.3, 0.4) is 0 Å². The first-order valence-corrected chi connectivity index (χ1v) is 10.1. The molecule has 4 rings (SSSR count). The first kappa shape index (κ1) is 16.5. The van der Waals surface area contributed by atoms with E-state index < -0.39 is 28.7 Å². The Labute approximate surface area is 148 Å². The number of carbonyl (C=O) groups is 2. The van der Waals surface area contributed by atoms with E-state index in [0.29, 0.717) is 24.3 Å². The predicted molar refractivity (Wildman–Crippen MR) is 91.5 cm³/mol. The summed E-state index contributed by atoms with van der Waals surface area (Å²) in [6.07, 6.45) is 4.59. The van der Waals surface area contributed by atoms with Gasteiger partial charge in [-0.15, -0.1) is 0 Å². The first-order valence-electron chi connectivity index (χ1n) is 8.62. The van der Waals surface area contributed by atoms with Crippen molar-refractivity contribution in [3.05, 3.63) is 23.4 Å². The molecule has 0 bridgehead atoms. The van der Waals surface area contributed by atoms with Gasteiger partial charge in [0, 0.05) is 16.4 Å². The van der Waals surface area contributed by atoms with Crippen molar-refractivity contribution in [1.29, 1.82) is 0 Å². The van der Waals surface area contributed by atoms with E-state index in [0.717, 1.165) is 18.4 Å². The Balaban J connectivity index is 1.58. The van der Waals surface area contributed by atoms with Gasteiger partial charge in [0.1, 0.15) is 11.7 Å². The van der Waals surface area contributed by atoms with Crippen LogP contribution >= 0.6 is 0 Å². The molecule has 2 aliphatic carbocycles. The van der Waals surface area contributed by atoms with E-state index in [-0.39, 0.29) is 17.3 Å². The van der Waals surface area contributed by atoms with E-state index in [4.69, 9.17) is 10.5 Å². The van der Waals surface area contributed by atoms with Gasteiger partial charge in [-0.3, -0.25) is 13.8 Å². The molecule has 8 heteroatoms. The molecule has 134 valence electrons. The topological polar surface area (TPSA) is 103 Å². The fourth-order valence-electron chi connectivity index (χ4n) is 3.02. The number of pyridine rings is 1. The monoisotopic (exact) mass is 363 g/mol. The standard InChI is InChI=1S/C17H21N3O4S/c18-15(21)14-8-25(23)9-20(14)17(22)13-6-5-12(11-3-4-11)16(19-13)24-7-10-1-2-10/h5-6,10-11,14H,1-4,7-9H2,(H2,18,21)/t14-,25?/m0/s1. The van der Waals surface area contributed by atoms with E-state index in [2.05, 4.69) is 4.98 Å². The molecular formula is C17H21N3O4S. The fourth-order valence-corrected chi connectivity index (χ4v) is 4.43. The zero-order valence-corrected chi connectivity index (χ0v) is 14.7. The number of primary amides is 1. The van der Waals surface area contributed by atoms with Crippen LogP contribution in [0.4, 0.5) is 0 Å². The minimum absolute atomic E-state index is 0.0107. The molecule has 2 amide bonds. The quantitative estimate of drug-likeness (QED) is 0.804. The molecule has 1 saturated heterocycles. The summed E-state index contributed by atoms with van der Waals surface area (Å²) in [5.74, 6) is 0.615. The van der Waals surface area contributed by atoms with Gasteiger partial charge >= 0.3 is 0 Å². The first-order chi connectivity index (χ1) is 12.0. The lowest BCUT2D eigenvalue weighted by Crippen LogP contribution is -2.45. The number of hydrogen-bond donors (Lipinski definition) is 1. The number of ether oxygens (including phenoxy) is 1. The Kier molecular flexibility index (Phi) is 4.23. The van der Waals surface area contributed by atoms with Crippen molar-refractivity contribution in [2.75, 3.05) is 18.2 Å². The summed E-state index contributed by atoms with van der Waals surface area (Å²) in [5.41, 5.74) is 6.60. The molecule has 2 saturated carbocycles. The van der Waals surface area contributed by atoms with Crippen LogP contribution in [0.2, 0.25) is 0 Å². The number of nitrogens with two attached hydrogens (primary N) is 1. The molecule has 3 fully saturated rings.